The second kappa shape index (κ2) is 8.12. The van der Waals surface area contributed by atoms with Crippen molar-refractivity contribution in [2.45, 2.75) is 13.3 Å². The van der Waals surface area contributed by atoms with E-state index in [-0.39, 0.29) is 23.0 Å². The van der Waals surface area contributed by atoms with Crippen LogP contribution in [0.15, 0.2) is 15.7 Å². The van der Waals surface area contributed by atoms with E-state index in [1.165, 1.54) is 14.1 Å². The second-order valence-corrected chi connectivity index (χ2v) is 4.00. The highest BCUT2D eigenvalue weighted by molar-refractivity contribution is 6.60. The van der Waals surface area contributed by atoms with Crippen LogP contribution >= 0.6 is 11.6 Å². The molecule has 0 saturated heterocycles. The van der Waals surface area contributed by atoms with Crippen molar-refractivity contribution in [3.8, 4) is 0 Å². The molecule has 0 radical (unpaired) electrons. The van der Waals surface area contributed by atoms with Gasteiger partial charge in [0, 0.05) is 19.7 Å². The Kier molecular flexibility index (Phi) is 7.26. The number of rotatable bonds is 4. The zero-order chi connectivity index (χ0) is 15.9. The number of carbonyl (C=O) groups is 2. The van der Waals surface area contributed by atoms with E-state index in [0.717, 1.165) is 5.01 Å². The molecule has 0 aromatic carbocycles. The highest BCUT2D eigenvalue weighted by Crippen LogP contribution is 2.14. The fourth-order valence-corrected chi connectivity index (χ4v) is 1.50. The van der Waals surface area contributed by atoms with Crippen LogP contribution in [-0.4, -0.2) is 42.6 Å². The van der Waals surface area contributed by atoms with Gasteiger partial charge in [0.1, 0.15) is 5.71 Å². The second-order valence-electron chi connectivity index (χ2n) is 3.62. The van der Waals surface area contributed by atoms with Gasteiger partial charge in [-0.1, -0.05) is 18.5 Å². The van der Waals surface area contributed by atoms with Gasteiger partial charge in [-0.2, -0.15) is 0 Å². The lowest BCUT2D eigenvalue weighted by Crippen LogP contribution is -2.48. The minimum absolute atomic E-state index is 0.127. The van der Waals surface area contributed by atoms with Crippen molar-refractivity contribution in [1.29, 1.82) is 5.41 Å². The van der Waals surface area contributed by atoms with Crippen molar-refractivity contribution in [1.82, 2.24) is 15.6 Å². The molecule has 7 N–H and O–H groups in total. The van der Waals surface area contributed by atoms with Gasteiger partial charge in [0.2, 0.25) is 11.9 Å². The van der Waals surface area contributed by atoms with Gasteiger partial charge in [0.05, 0.1) is 5.03 Å². The molecule has 10 heteroatoms. The molecular formula is C10H18ClN7O2. The Morgan fingerprint density at radius 2 is 1.95 bits per heavy atom. The Bertz CT molecular complexity index is 470. The first-order valence-electron chi connectivity index (χ1n) is 5.57. The van der Waals surface area contributed by atoms with E-state index in [2.05, 4.69) is 15.7 Å². The monoisotopic (exact) mass is 303 g/mol. The minimum atomic E-state index is -0.883. The number of hydrazine groups is 1. The van der Waals surface area contributed by atoms with E-state index in [9.17, 15) is 9.59 Å². The number of nitrogens with two attached hydrogens (primary N) is 2. The lowest BCUT2D eigenvalue weighted by molar-refractivity contribution is -0.117. The number of likely N-dealkylation sites (N-methyl/N-ethyl adjacent to an activating group) is 1. The molecule has 0 aliphatic heterocycles. The van der Waals surface area contributed by atoms with Gasteiger partial charge in [-0.15, -0.1) is 5.10 Å². The molecule has 0 aliphatic rings. The first-order chi connectivity index (χ1) is 9.29. The zero-order valence-electron chi connectivity index (χ0n) is 11.5. The number of halogens is 1. The van der Waals surface area contributed by atoms with Gasteiger partial charge < -0.3 is 11.2 Å². The number of nitrogens with zero attached hydrogens (tertiary/aromatic N) is 2. The summed E-state index contributed by atoms with van der Waals surface area (Å²) in [4.78, 5) is 23.3. The molecule has 0 spiro atoms. The van der Waals surface area contributed by atoms with E-state index in [1.807, 2.05) is 0 Å². The predicted molar refractivity (Wildman–Crippen MR) is 76.7 cm³/mol. The average Bonchev–Trinajstić information content (AvgIpc) is 2.43. The Hall–Kier alpha value is -2.13. The SMILES string of the molecule is CC/C(C(=O)NC)=C(\Cl)C(=N)C(=O)N/C(=N/N)N(C)N. The van der Waals surface area contributed by atoms with Crippen LogP contribution < -0.4 is 22.3 Å². The normalized spacial score (nSPS) is 12.3. The molecule has 0 aromatic heterocycles. The number of amides is 2. The molecule has 0 heterocycles. The molecule has 0 aromatic rings. The summed E-state index contributed by atoms with van der Waals surface area (Å²) in [7, 11) is 2.82. The van der Waals surface area contributed by atoms with E-state index in [1.54, 1.807) is 6.92 Å². The lowest BCUT2D eigenvalue weighted by Gasteiger charge is -2.15. The van der Waals surface area contributed by atoms with Gasteiger partial charge in [-0.05, 0) is 6.42 Å². The average molecular weight is 304 g/mol. The third-order valence-corrected chi connectivity index (χ3v) is 2.67. The first kappa shape index (κ1) is 17.9. The Morgan fingerprint density at radius 1 is 1.40 bits per heavy atom. The van der Waals surface area contributed by atoms with Gasteiger partial charge in [-0.3, -0.25) is 25.3 Å². The van der Waals surface area contributed by atoms with Crippen LogP contribution in [0.1, 0.15) is 13.3 Å². The number of hydrogen-bond acceptors (Lipinski definition) is 6. The summed E-state index contributed by atoms with van der Waals surface area (Å²) in [5.74, 6) is 8.89. The van der Waals surface area contributed by atoms with Crippen molar-refractivity contribution in [2.75, 3.05) is 14.1 Å². The van der Waals surface area contributed by atoms with Crippen LogP contribution in [0.3, 0.4) is 0 Å². The molecule has 0 saturated carbocycles. The van der Waals surface area contributed by atoms with Crippen LogP contribution in [-0.2, 0) is 9.59 Å². The van der Waals surface area contributed by atoms with Crippen LogP contribution in [0.2, 0.25) is 0 Å². The summed E-state index contributed by atoms with van der Waals surface area (Å²) in [6.07, 6.45) is 0.267. The summed E-state index contributed by atoms with van der Waals surface area (Å²) >= 11 is 5.89. The van der Waals surface area contributed by atoms with Crippen molar-refractivity contribution in [3.05, 3.63) is 10.6 Å². The maximum Gasteiger partial charge on any atom is 0.277 e. The third-order valence-electron chi connectivity index (χ3n) is 2.25. The predicted octanol–water partition coefficient (Wildman–Crippen LogP) is -1.19. The van der Waals surface area contributed by atoms with E-state index >= 15 is 0 Å². The quantitative estimate of drug-likeness (QED) is 0.145. The third kappa shape index (κ3) is 4.52. The van der Waals surface area contributed by atoms with Crippen LogP contribution in [0.4, 0.5) is 0 Å². The van der Waals surface area contributed by atoms with Gasteiger partial charge >= 0.3 is 0 Å². The number of hydrogen-bond donors (Lipinski definition) is 5. The van der Waals surface area contributed by atoms with E-state index < -0.39 is 17.5 Å². The van der Waals surface area contributed by atoms with E-state index in [0.29, 0.717) is 0 Å². The van der Waals surface area contributed by atoms with E-state index in [4.69, 9.17) is 28.7 Å². The van der Waals surface area contributed by atoms with Crippen molar-refractivity contribution in [3.63, 3.8) is 0 Å². The molecule has 0 atom stereocenters. The highest BCUT2D eigenvalue weighted by atomic mass is 35.5. The van der Waals surface area contributed by atoms with Crippen LogP contribution in [0.5, 0.6) is 0 Å². The Morgan fingerprint density at radius 3 is 2.30 bits per heavy atom. The number of guanidine groups is 1. The summed E-state index contributed by atoms with van der Waals surface area (Å²) in [5.41, 5.74) is -0.461. The highest BCUT2D eigenvalue weighted by Gasteiger charge is 2.21. The Balaban J connectivity index is 5.20. The molecule has 0 bridgehead atoms. The van der Waals surface area contributed by atoms with Crippen molar-refractivity contribution in [2.24, 2.45) is 16.8 Å². The topological polar surface area (TPSA) is 150 Å². The number of carbonyl (C=O) groups excluding carboxylic acids is 2. The molecule has 0 unspecified atom stereocenters. The number of nitrogens with one attached hydrogen (secondary N) is 3. The lowest BCUT2D eigenvalue weighted by atomic mass is 10.1. The summed E-state index contributed by atoms with van der Waals surface area (Å²) in [6.45, 7) is 1.68. The molecule has 0 fully saturated rings. The van der Waals surface area contributed by atoms with Crippen LogP contribution in [0.25, 0.3) is 0 Å². The van der Waals surface area contributed by atoms with Gasteiger partial charge in [0.15, 0.2) is 0 Å². The standard InChI is InChI=1S/C10H18ClN7O2/c1-4-5(8(19)15-2)6(11)7(12)9(20)16-10(17-13)18(3)14/h12H,4,13-14H2,1-3H3,(H,15,19)(H,16,17,20)/b6-5+,12-7?. The Labute approximate surface area is 121 Å². The number of hydrazone groups is 1. The molecule has 0 aliphatic carbocycles. The fourth-order valence-electron chi connectivity index (χ4n) is 1.19. The molecule has 9 nitrogen and oxygen atoms in total. The minimum Gasteiger partial charge on any atom is -0.355 e. The van der Waals surface area contributed by atoms with Crippen LogP contribution in [0, 0.1) is 5.41 Å². The maximum absolute atomic E-state index is 11.8. The van der Waals surface area contributed by atoms with Gasteiger partial charge in [0.25, 0.3) is 5.91 Å². The summed E-state index contributed by atoms with van der Waals surface area (Å²) in [6, 6.07) is 0. The molecule has 112 valence electrons. The molecule has 20 heavy (non-hydrogen) atoms. The first-order valence-corrected chi connectivity index (χ1v) is 5.95. The largest absolute Gasteiger partial charge is 0.355 e. The molecule has 0 rings (SSSR count). The maximum atomic E-state index is 11.8. The van der Waals surface area contributed by atoms with Gasteiger partial charge in [-0.25, -0.2) is 5.84 Å². The zero-order valence-corrected chi connectivity index (χ0v) is 12.2. The summed E-state index contributed by atoms with van der Waals surface area (Å²) in [5, 5.41) is 16.2. The fraction of sp³-hybridized carbons (Fsp3) is 0.400. The van der Waals surface area contributed by atoms with Crippen molar-refractivity contribution >= 4 is 35.1 Å². The van der Waals surface area contributed by atoms with Crippen molar-refractivity contribution < 1.29 is 9.59 Å². The molecular weight excluding hydrogens is 286 g/mol. The molecule has 2 amide bonds. The summed E-state index contributed by atoms with van der Waals surface area (Å²) < 4.78 is 0. The smallest absolute Gasteiger partial charge is 0.277 e.